The number of alkyl halides is 6. The molecule has 5 nitrogen and oxygen atoms in total. The van der Waals surface area contributed by atoms with Crippen LogP contribution in [0.5, 0.6) is 17.2 Å². The summed E-state index contributed by atoms with van der Waals surface area (Å²) in [4.78, 5) is 27.8. The average molecular weight is 581 g/mol. The van der Waals surface area contributed by atoms with Crippen LogP contribution in [0.2, 0.25) is 0 Å². The Bertz CT molecular complexity index is 1140. The summed E-state index contributed by atoms with van der Waals surface area (Å²) in [6.45, 7) is 7.38. The van der Waals surface area contributed by atoms with E-state index in [1.165, 1.54) is 33.5 Å². The Kier molecular flexibility index (Phi) is 10.1. The van der Waals surface area contributed by atoms with Crippen LogP contribution >= 0.6 is 7.92 Å². The van der Waals surface area contributed by atoms with Crippen molar-refractivity contribution in [1.29, 1.82) is 0 Å². The molecule has 2 unspecified atom stereocenters. The van der Waals surface area contributed by atoms with Crippen molar-refractivity contribution in [3.05, 3.63) is 52.6 Å². The van der Waals surface area contributed by atoms with E-state index in [4.69, 9.17) is 14.2 Å². The zero-order valence-electron chi connectivity index (χ0n) is 22.6. The molecule has 0 spiro atoms. The van der Waals surface area contributed by atoms with Crippen LogP contribution in [0.1, 0.15) is 66.0 Å². The molecular weight excluding hydrogens is 549 g/mol. The van der Waals surface area contributed by atoms with Crippen molar-refractivity contribution < 1.29 is 50.1 Å². The molecule has 0 radical (unpaired) electrons. The molecule has 2 aromatic rings. The van der Waals surface area contributed by atoms with Gasteiger partial charge in [-0.2, -0.15) is 26.3 Å². The normalized spacial score (nSPS) is 14.0. The lowest BCUT2D eigenvalue weighted by Gasteiger charge is -2.27. The first-order chi connectivity index (χ1) is 17.8. The number of hydrogen-bond acceptors (Lipinski definition) is 5. The van der Waals surface area contributed by atoms with E-state index in [-0.39, 0.29) is 34.4 Å². The van der Waals surface area contributed by atoms with Gasteiger partial charge in [0.25, 0.3) is 0 Å². The van der Waals surface area contributed by atoms with Crippen LogP contribution in [0.3, 0.4) is 0 Å². The average Bonchev–Trinajstić information content (AvgIpc) is 2.82. The van der Waals surface area contributed by atoms with Gasteiger partial charge in [-0.1, -0.05) is 33.8 Å². The molecule has 0 heterocycles. The van der Waals surface area contributed by atoms with Gasteiger partial charge in [0.05, 0.1) is 32.5 Å². The van der Waals surface area contributed by atoms with Crippen molar-refractivity contribution in [3.63, 3.8) is 0 Å². The molecule has 0 aliphatic carbocycles. The SMILES string of the molecule is COc1cc(OC)c(C(=O)P(CC(C)CC(C)(C)C)C(=O)c2c(C(F)(F)F)cccc2C(F)(F)F)c(OC)c1. The third kappa shape index (κ3) is 7.87. The minimum Gasteiger partial charge on any atom is -0.496 e. The Morgan fingerprint density at radius 1 is 0.795 bits per heavy atom. The standard InChI is InChI=1S/C27H31F6O5P/c1-15(13-25(2,3)4)14-39(24(35)22-19(37-6)11-16(36-5)12-20(22)38-7)23(34)21-17(26(28,29)30)9-8-10-18(21)27(31,32)33/h8-12,15H,13-14H2,1-7H3. The Morgan fingerprint density at radius 3 is 1.59 bits per heavy atom. The molecule has 216 valence electrons. The maximum absolute atomic E-state index is 14.0. The zero-order chi connectivity index (χ0) is 29.9. The van der Waals surface area contributed by atoms with Gasteiger partial charge >= 0.3 is 12.4 Å². The molecule has 0 saturated heterocycles. The molecule has 0 aromatic heterocycles. The zero-order valence-corrected chi connectivity index (χ0v) is 23.5. The molecule has 0 aliphatic heterocycles. The van der Waals surface area contributed by atoms with Crippen LogP contribution < -0.4 is 14.2 Å². The smallest absolute Gasteiger partial charge is 0.417 e. The number of halogens is 6. The van der Waals surface area contributed by atoms with E-state index in [0.717, 1.165) is 0 Å². The number of rotatable bonds is 10. The number of ether oxygens (including phenoxy) is 3. The summed E-state index contributed by atoms with van der Waals surface area (Å²) in [5.41, 5.74) is -8.09. The lowest BCUT2D eigenvalue weighted by molar-refractivity contribution is -0.143. The molecule has 2 rings (SSSR count). The Morgan fingerprint density at radius 2 is 1.23 bits per heavy atom. The van der Waals surface area contributed by atoms with Gasteiger partial charge in [-0.25, -0.2) is 0 Å². The summed E-state index contributed by atoms with van der Waals surface area (Å²) < 4.78 is 99.2. The molecule has 0 bridgehead atoms. The fourth-order valence-corrected chi connectivity index (χ4v) is 6.69. The second kappa shape index (κ2) is 12.1. The van der Waals surface area contributed by atoms with Crippen molar-refractivity contribution in [2.24, 2.45) is 11.3 Å². The van der Waals surface area contributed by atoms with E-state index in [0.29, 0.717) is 24.6 Å². The van der Waals surface area contributed by atoms with Gasteiger partial charge in [0.2, 0.25) is 0 Å². The third-order valence-electron chi connectivity index (χ3n) is 5.76. The summed E-state index contributed by atoms with van der Waals surface area (Å²) in [5, 5.41) is 0. The first kappa shape index (κ1) is 32.4. The molecular formula is C27H31F6O5P. The number of hydrogen-bond donors (Lipinski definition) is 0. The summed E-state index contributed by atoms with van der Waals surface area (Å²) >= 11 is 0. The van der Waals surface area contributed by atoms with E-state index in [2.05, 4.69) is 0 Å². The number of methoxy groups -OCH3 is 3. The number of benzene rings is 2. The topological polar surface area (TPSA) is 61.8 Å². The summed E-state index contributed by atoms with van der Waals surface area (Å²) in [7, 11) is 0.990. The van der Waals surface area contributed by atoms with Crippen molar-refractivity contribution in [2.75, 3.05) is 27.5 Å². The monoisotopic (exact) mass is 580 g/mol. The van der Waals surface area contributed by atoms with E-state index >= 15 is 0 Å². The number of carbonyl (C=O) groups is 2. The van der Waals surface area contributed by atoms with Crippen molar-refractivity contribution >= 4 is 19.0 Å². The maximum Gasteiger partial charge on any atom is 0.417 e. The maximum atomic E-state index is 14.0. The van der Waals surface area contributed by atoms with Gasteiger partial charge in [0.1, 0.15) is 22.8 Å². The van der Waals surface area contributed by atoms with Crippen LogP contribution in [-0.2, 0) is 12.4 Å². The molecule has 12 heteroatoms. The Labute approximate surface area is 224 Å². The van der Waals surface area contributed by atoms with Crippen LogP contribution in [0.15, 0.2) is 30.3 Å². The first-order valence-corrected chi connectivity index (χ1v) is 13.3. The highest BCUT2D eigenvalue weighted by molar-refractivity contribution is 7.90. The summed E-state index contributed by atoms with van der Waals surface area (Å²) in [6.07, 6.45) is -10.3. The minimum absolute atomic E-state index is 0.0971. The second-order valence-corrected chi connectivity index (χ2v) is 12.3. The molecule has 2 atom stereocenters. The predicted octanol–water partition coefficient (Wildman–Crippen LogP) is 8.28. The van der Waals surface area contributed by atoms with Gasteiger partial charge in [0.15, 0.2) is 11.0 Å². The van der Waals surface area contributed by atoms with Crippen LogP contribution in [-0.4, -0.2) is 38.5 Å². The van der Waals surface area contributed by atoms with E-state index in [1.807, 2.05) is 20.8 Å². The Hall–Kier alpha value is -2.81. The minimum atomic E-state index is -5.27. The van der Waals surface area contributed by atoms with Crippen molar-refractivity contribution in [3.8, 4) is 17.2 Å². The molecule has 0 amide bonds. The van der Waals surface area contributed by atoms with Crippen LogP contribution in [0, 0.1) is 11.3 Å². The summed E-state index contributed by atoms with van der Waals surface area (Å²) in [5.74, 6) is -0.370. The molecule has 0 saturated carbocycles. The Balaban J connectivity index is 2.85. The van der Waals surface area contributed by atoms with Gasteiger partial charge < -0.3 is 14.2 Å². The predicted molar refractivity (Wildman–Crippen MR) is 136 cm³/mol. The fraction of sp³-hybridized carbons (Fsp3) is 0.481. The van der Waals surface area contributed by atoms with Crippen LogP contribution in [0.25, 0.3) is 0 Å². The van der Waals surface area contributed by atoms with Gasteiger partial charge in [-0.3, -0.25) is 9.59 Å². The van der Waals surface area contributed by atoms with Crippen molar-refractivity contribution in [1.82, 2.24) is 0 Å². The highest BCUT2D eigenvalue weighted by Crippen LogP contribution is 2.53. The quantitative estimate of drug-likeness (QED) is 0.209. The third-order valence-corrected chi connectivity index (χ3v) is 8.18. The largest absolute Gasteiger partial charge is 0.496 e. The fourth-order valence-electron chi connectivity index (χ4n) is 4.42. The molecule has 2 aromatic carbocycles. The molecule has 0 fully saturated rings. The van der Waals surface area contributed by atoms with E-state index < -0.39 is 53.9 Å². The molecule has 0 aliphatic rings. The van der Waals surface area contributed by atoms with E-state index in [9.17, 15) is 35.9 Å². The van der Waals surface area contributed by atoms with Gasteiger partial charge in [-0.05, 0) is 36.0 Å². The molecule has 39 heavy (non-hydrogen) atoms. The van der Waals surface area contributed by atoms with Gasteiger partial charge in [-0.15, -0.1) is 0 Å². The highest BCUT2D eigenvalue weighted by Gasteiger charge is 2.46. The first-order valence-electron chi connectivity index (χ1n) is 11.8. The van der Waals surface area contributed by atoms with E-state index in [1.54, 1.807) is 6.92 Å². The van der Waals surface area contributed by atoms with Gasteiger partial charge in [0, 0.05) is 25.6 Å². The highest BCUT2D eigenvalue weighted by atomic mass is 31.1. The lowest BCUT2D eigenvalue weighted by atomic mass is 9.86. The van der Waals surface area contributed by atoms with Crippen LogP contribution in [0.4, 0.5) is 26.3 Å². The number of carbonyl (C=O) groups excluding carboxylic acids is 2. The lowest BCUT2D eigenvalue weighted by Crippen LogP contribution is -2.23. The summed E-state index contributed by atoms with van der Waals surface area (Å²) in [6, 6.07) is 4.04. The van der Waals surface area contributed by atoms with Crippen molar-refractivity contribution in [2.45, 2.75) is 46.5 Å². The molecule has 0 N–H and O–H groups in total. The second-order valence-electron chi connectivity index (χ2n) is 10.2.